The summed E-state index contributed by atoms with van der Waals surface area (Å²) in [6.45, 7) is 8.24. The van der Waals surface area contributed by atoms with Crippen LogP contribution in [0.15, 0.2) is 41.4 Å². The number of benzene rings is 1. The Labute approximate surface area is 188 Å². The Balaban J connectivity index is 1.37. The van der Waals surface area contributed by atoms with Gasteiger partial charge in [-0.25, -0.2) is 8.51 Å². The first-order valence-electron chi connectivity index (χ1n) is 11.6. The minimum absolute atomic E-state index is 0.0963. The van der Waals surface area contributed by atoms with Crippen molar-refractivity contribution in [3.63, 3.8) is 0 Å². The molecular formula is C25H35N3O2S. The quantitative estimate of drug-likeness (QED) is 0.749. The number of fused-ring (bicyclic) bond motifs is 1. The molecule has 2 heterocycles. The van der Waals surface area contributed by atoms with Crippen LogP contribution in [0, 0.1) is 17.3 Å². The van der Waals surface area contributed by atoms with E-state index in [1.54, 1.807) is 6.20 Å². The lowest BCUT2D eigenvalue weighted by atomic mass is 9.71. The topological polar surface area (TPSA) is 62.3 Å². The van der Waals surface area contributed by atoms with Gasteiger partial charge < -0.3 is 5.32 Å². The van der Waals surface area contributed by atoms with Crippen molar-refractivity contribution in [1.29, 1.82) is 0 Å². The molecule has 1 aliphatic carbocycles. The van der Waals surface area contributed by atoms with Crippen LogP contribution in [0.4, 0.5) is 0 Å². The number of hydrogen-bond donors (Lipinski definition) is 1. The van der Waals surface area contributed by atoms with Crippen molar-refractivity contribution in [1.82, 2.24) is 14.6 Å². The summed E-state index contributed by atoms with van der Waals surface area (Å²) in [6.07, 6.45) is 8.00. The van der Waals surface area contributed by atoms with E-state index in [2.05, 4.69) is 31.1 Å². The van der Waals surface area contributed by atoms with Crippen LogP contribution in [0.2, 0.25) is 0 Å². The van der Waals surface area contributed by atoms with E-state index in [0.29, 0.717) is 12.0 Å². The average molecular weight is 442 g/mol. The van der Waals surface area contributed by atoms with Gasteiger partial charge in [0, 0.05) is 30.7 Å². The molecule has 1 aromatic heterocycles. The third kappa shape index (κ3) is 5.17. The van der Waals surface area contributed by atoms with Gasteiger partial charge in [-0.05, 0) is 62.0 Å². The van der Waals surface area contributed by atoms with E-state index in [9.17, 15) is 9.00 Å². The molecule has 31 heavy (non-hydrogen) atoms. The van der Waals surface area contributed by atoms with Gasteiger partial charge in [0.05, 0.1) is 16.3 Å². The number of amides is 1. The molecule has 2 aromatic rings. The maximum Gasteiger partial charge on any atom is 0.224 e. The first-order chi connectivity index (χ1) is 14.8. The Kier molecular flexibility index (Phi) is 6.77. The van der Waals surface area contributed by atoms with Crippen molar-refractivity contribution in [3.05, 3.63) is 36.5 Å². The standard InChI is InChI=1S/C25H35N3O2S/c1-25(2,3)20-11-13-21(14-12-20)27-24(29)19-9-6-16-28(17-19)31(30)22-10-4-7-18-8-5-15-26-23(18)22/h4-5,7-8,10,15,19-21H,6,9,11-14,16-17H2,1-3H3,(H,27,29). The second kappa shape index (κ2) is 9.37. The summed E-state index contributed by atoms with van der Waals surface area (Å²) in [5.74, 6) is 0.778. The van der Waals surface area contributed by atoms with Crippen molar-refractivity contribution in [2.45, 2.75) is 70.2 Å². The summed E-state index contributed by atoms with van der Waals surface area (Å²) in [5.41, 5.74) is 1.13. The summed E-state index contributed by atoms with van der Waals surface area (Å²) >= 11 is 0. The monoisotopic (exact) mass is 441 g/mol. The predicted octanol–water partition coefficient (Wildman–Crippen LogP) is 4.69. The molecule has 1 amide bonds. The molecule has 0 spiro atoms. The molecule has 1 saturated carbocycles. The molecule has 2 atom stereocenters. The molecule has 0 bridgehead atoms. The Morgan fingerprint density at radius 1 is 1.10 bits per heavy atom. The fourth-order valence-electron chi connectivity index (χ4n) is 5.09. The number of pyridine rings is 1. The summed E-state index contributed by atoms with van der Waals surface area (Å²) in [6, 6.07) is 9.98. The minimum atomic E-state index is -1.31. The smallest absolute Gasteiger partial charge is 0.224 e. The van der Waals surface area contributed by atoms with Gasteiger partial charge in [-0.3, -0.25) is 9.78 Å². The van der Waals surface area contributed by atoms with Crippen molar-refractivity contribution in [2.24, 2.45) is 17.3 Å². The maximum atomic E-state index is 13.4. The maximum absolute atomic E-state index is 13.4. The first-order valence-corrected chi connectivity index (χ1v) is 12.7. The van der Waals surface area contributed by atoms with Gasteiger partial charge in [-0.2, -0.15) is 0 Å². The molecule has 1 aromatic carbocycles. The molecule has 5 nitrogen and oxygen atoms in total. The van der Waals surface area contributed by atoms with Crippen LogP contribution in [0.25, 0.3) is 10.9 Å². The Morgan fingerprint density at radius 2 is 1.84 bits per heavy atom. The predicted molar refractivity (Wildman–Crippen MR) is 126 cm³/mol. The highest BCUT2D eigenvalue weighted by atomic mass is 32.2. The summed E-state index contributed by atoms with van der Waals surface area (Å²) in [5, 5.41) is 4.30. The lowest BCUT2D eigenvalue weighted by Crippen LogP contribution is -2.47. The van der Waals surface area contributed by atoms with E-state index in [1.807, 2.05) is 34.6 Å². The SMILES string of the molecule is CC(C)(C)C1CCC(NC(=O)C2CCCN(S(=O)c3cccc4cccnc34)C2)CC1. The Hall–Kier alpha value is -1.79. The Bertz CT molecular complexity index is 942. The third-order valence-corrected chi connectivity index (χ3v) is 8.58. The molecule has 4 rings (SSSR count). The zero-order valence-corrected chi connectivity index (χ0v) is 19.8. The highest BCUT2D eigenvalue weighted by Crippen LogP contribution is 2.38. The van der Waals surface area contributed by atoms with Crippen molar-refractivity contribution < 1.29 is 9.00 Å². The highest BCUT2D eigenvalue weighted by Gasteiger charge is 2.33. The number of hydrogen-bond acceptors (Lipinski definition) is 3. The Morgan fingerprint density at radius 3 is 2.58 bits per heavy atom. The molecule has 1 aliphatic heterocycles. The summed E-state index contributed by atoms with van der Waals surface area (Å²) in [4.78, 5) is 18.2. The van der Waals surface area contributed by atoms with E-state index >= 15 is 0 Å². The number of nitrogens with one attached hydrogen (secondary N) is 1. The van der Waals surface area contributed by atoms with E-state index in [4.69, 9.17) is 0 Å². The molecule has 2 aliphatic rings. The van der Waals surface area contributed by atoms with Crippen molar-refractivity contribution >= 4 is 27.8 Å². The van der Waals surface area contributed by atoms with E-state index in [-0.39, 0.29) is 17.9 Å². The average Bonchev–Trinajstić information content (AvgIpc) is 2.78. The molecule has 2 unspecified atom stereocenters. The van der Waals surface area contributed by atoms with Gasteiger partial charge in [0.25, 0.3) is 0 Å². The second-order valence-electron chi connectivity index (χ2n) is 10.2. The van der Waals surface area contributed by atoms with E-state index in [1.165, 1.54) is 12.8 Å². The molecule has 6 heteroatoms. The van der Waals surface area contributed by atoms with Crippen LogP contribution < -0.4 is 5.32 Å². The number of rotatable bonds is 4. The van der Waals surface area contributed by atoms with Gasteiger partial charge in [-0.1, -0.05) is 39.0 Å². The second-order valence-corrected chi connectivity index (χ2v) is 11.7. The number of carbonyl (C=O) groups excluding carboxylic acids is 1. The molecule has 1 saturated heterocycles. The zero-order chi connectivity index (χ0) is 22.0. The fourth-order valence-corrected chi connectivity index (χ4v) is 6.51. The lowest BCUT2D eigenvalue weighted by Gasteiger charge is -2.38. The van der Waals surface area contributed by atoms with Gasteiger partial charge in [-0.15, -0.1) is 0 Å². The van der Waals surface area contributed by atoms with Crippen LogP contribution in [-0.2, 0) is 15.8 Å². The molecule has 168 valence electrons. The van der Waals surface area contributed by atoms with Crippen LogP contribution >= 0.6 is 0 Å². The molecule has 1 N–H and O–H groups in total. The minimum Gasteiger partial charge on any atom is -0.353 e. The van der Waals surface area contributed by atoms with Crippen LogP contribution in [-0.4, -0.2) is 38.5 Å². The number of aromatic nitrogens is 1. The number of piperidine rings is 1. The van der Waals surface area contributed by atoms with Crippen LogP contribution in [0.1, 0.15) is 59.3 Å². The lowest BCUT2D eigenvalue weighted by molar-refractivity contribution is -0.127. The molecule has 2 fully saturated rings. The largest absolute Gasteiger partial charge is 0.353 e. The molecular weight excluding hydrogens is 406 g/mol. The highest BCUT2D eigenvalue weighted by molar-refractivity contribution is 7.83. The number of nitrogens with zero attached hydrogens (tertiary/aromatic N) is 2. The van der Waals surface area contributed by atoms with Crippen LogP contribution in [0.3, 0.4) is 0 Å². The third-order valence-electron chi connectivity index (χ3n) is 7.07. The van der Waals surface area contributed by atoms with Gasteiger partial charge >= 0.3 is 0 Å². The van der Waals surface area contributed by atoms with Crippen molar-refractivity contribution in [3.8, 4) is 0 Å². The van der Waals surface area contributed by atoms with E-state index < -0.39 is 11.0 Å². The number of para-hydroxylation sites is 1. The van der Waals surface area contributed by atoms with Gasteiger partial charge in [0.1, 0.15) is 11.0 Å². The normalized spacial score (nSPS) is 26.5. The van der Waals surface area contributed by atoms with Gasteiger partial charge in [0.15, 0.2) is 0 Å². The zero-order valence-electron chi connectivity index (χ0n) is 19.0. The summed E-state index contributed by atoms with van der Waals surface area (Å²) < 4.78 is 15.3. The van der Waals surface area contributed by atoms with Crippen LogP contribution in [0.5, 0.6) is 0 Å². The fraction of sp³-hybridized carbons (Fsp3) is 0.600. The first kappa shape index (κ1) is 22.4. The summed E-state index contributed by atoms with van der Waals surface area (Å²) in [7, 11) is -1.31. The van der Waals surface area contributed by atoms with Gasteiger partial charge in [0.2, 0.25) is 5.91 Å². The molecule has 0 radical (unpaired) electrons. The number of carbonyl (C=O) groups is 1. The van der Waals surface area contributed by atoms with E-state index in [0.717, 1.165) is 53.9 Å². The van der Waals surface area contributed by atoms with Crippen molar-refractivity contribution in [2.75, 3.05) is 13.1 Å².